The lowest BCUT2D eigenvalue weighted by Crippen LogP contribution is -2.44. The monoisotopic (exact) mass is 329 g/mol. The summed E-state index contributed by atoms with van der Waals surface area (Å²) in [5, 5.41) is 3.66. The van der Waals surface area contributed by atoms with E-state index in [2.05, 4.69) is 5.32 Å². The maximum atomic E-state index is 12.1. The van der Waals surface area contributed by atoms with E-state index in [0.717, 1.165) is 19.4 Å². The lowest BCUT2D eigenvalue weighted by atomic mass is 9.97. The maximum Gasteiger partial charge on any atom is 0.238 e. The third-order valence-corrected chi connectivity index (χ3v) is 4.04. The van der Waals surface area contributed by atoms with Crippen LogP contribution in [0.15, 0.2) is 18.2 Å². The molecule has 1 aromatic carbocycles. The predicted octanol–water partition coefficient (Wildman–Crippen LogP) is 2.13. The summed E-state index contributed by atoms with van der Waals surface area (Å²) < 4.78 is 0. The summed E-state index contributed by atoms with van der Waals surface area (Å²) >= 11 is 11.9. The van der Waals surface area contributed by atoms with Crippen molar-refractivity contribution in [3.05, 3.63) is 28.2 Å². The molecule has 0 aromatic heterocycles. The molecular weight excluding hydrogens is 313 g/mol. The minimum absolute atomic E-state index is 0.179. The van der Waals surface area contributed by atoms with E-state index in [1.54, 1.807) is 18.2 Å². The molecule has 0 unspecified atom stereocenters. The Morgan fingerprint density at radius 2 is 2.14 bits per heavy atom. The van der Waals surface area contributed by atoms with Crippen LogP contribution in [0.5, 0.6) is 0 Å². The van der Waals surface area contributed by atoms with Crippen LogP contribution in [-0.4, -0.2) is 36.3 Å². The van der Waals surface area contributed by atoms with Crippen LogP contribution in [0.1, 0.15) is 12.8 Å². The number of carbonyl (C=O) groups is 2. The van der Waals surface area contributed by atoms with E-state index in [0.29, 0.717) is 22.3 Å². The van der Waals surface area contributed by atoms with Crippen LogP contribution in [0.3, 0.4) is 0 Å². The average Bonchev–Trinajstić information content (AvgIpc) is 2.43. The smallest absolute Gasteiger partial charge is 0.238 e. The summed E-state index contributed by atoms with van der Waals surface area (Å²) in [4.78, 5) is 25.2. The van der Waals surface area contributed by atoms with Crippen molar-refractivity contribution in [3.63, 3.8) is 0 Å². The summed E-state index contributed by atoms with van der Waals surface area (Å²) in [6.07, 6.45) is 1.65. The molecule has 1 aliphatic rings. The number of nitrogens with zero attached hydrogens (tertiary/aromatic N) is 1. The second-order valence-electron chi connectivity index (χ2n) is 5.15. The van der Waals surface area contributed by atoms with E-state index < -0.39 is 0 Å². The summed E-state index contributed by atoms with van der Waals surface area (Å²) in [6.45, 7) is 1.50. The van der Waals surface area contributed by atoms with Gasteiger partial charge in [-0.25, -0.2) is 0 Å². The first kappa shape index (κ1) is 16.1. The second-order valence-corrected chi connectivity index (χ2v) is 5.99. The van der Waals surface area contributed by atoms with Crippen molar-refractivity contribution < 1.29 is 9.59 Å². The molecule has 1 aliphatic heterocycles. The Labute approximate surface area is 133 Å². The van der Waals surface area contributed by atoms with Crippen LogP contribution >= 0.6 is 23.2 Å². The third kappa shape index (κ3) is 4.59. The summed E-state index contributed by atoms with van der Waals surface area (Å²) in [5.41, 5.74) is 5.81. The summed E-state index contributed by atoms with van der Waals surface area (Å²) in [5.74, 6) is -0.677. The van der Waals surface area contributed by atoms with E-state index >= 15 is 0 Å². The molecule has 7 heteroatoms. The zero-order valence-corrected chi connectivity index (χ0v) is 13.0. The fourth-order valence-electron chi connectivity index (χ4n) is 2.42. The number of rotatable bonds is 4. The Morgan fingerprint density at radius 3 is 2.86 bits per heavy atom. The first-order valence-corrected chi connectivity index (χ1v) is 7.48. The molecule has 0 radical (unpaired) electrons. The zero-order chi connectivity index (χ0) is 15.4. The van der Waals surface area contributed by atoms with E-state index in [1.807, 2.05) is 4.90 Å². The Hall–Kier alpha value is -1.30. The summed E-state index contributed by atoms with van der Waals surface area (Å²) in [7, 11) is 0. The second kappa shape index (κ2) is 7.11. The molecule has 0 bridgehead atoms. The average molecular weight is 330 g/mol. The molecule has 0 spiro atoms. The maximum absolute atomic E-state index is 12.1. The van der Waals surface area contributed by atoms with Gasteiger partial charge >= 0.3 is 0 Å². The van der Waals surface area contributed by atoms with Gasteiger partial charge in [0.25, 0.3) is 0 Å². The van der Waals surface area contributed by atoms with Crippen molar-refractivity contribution in [2.45, 2.75) is 12.8 Å². The number of carbonyl (C=O) groups excluding carboxylic acids is 2. The van der Waals surface area contributed by atoms with Crippen molar-refractivity contribution in [1.29, 1.82) is 0 Å². The molecule has 21 heavy (non-hydrogen) atoms. The molecular formula is C14H17Cl2N3O2. The van der Waals surface area contributed by atoms with Crippen LogP contribution in [0, 0.1) is 5.92 Å². The van der Waals surface area contributed by atoms with Gasteiger partial charge in [0.2, 0.25) is 11.8 Å². The van der Waals surface area contributed by atoms with Crippen molar-refractivity contribution in [2.75, 3.05) is 25.0 Å². The van der Waals surface area contributed by atoms with Gasteiger partial charge in [-0.2, -0.15) is 0 Å². The molecule has 1 aromatic rings. The molecule has 0 saturated carbocycles. The number of piperidine rings is 1. The molecule has 1 fully saturated rings. The van der Waals surface area contributed by atoms with E-state index in [4.69, 9.17) is 28.9 Å². The van der Waals surface area contributed by atoms with Gasteiger partial charge in [0.1, 0.15) is 0 Å². The van der Waals surface area contributed by atoms with Gasteiger partial charge in [0.15, 0.2) is 0 Å². The van der Waals surface area contributed by atoms with Gasteiger partial charge in [0, 0.05) is 11.6 Å². The lowest BCUT2D eigenvalue weighted by Gasteiger charge is -2.30. The fraction of sp³-hybridized carbons (Fsp3) is 0.429. The Balaban J connectivity index is 1.92. The lowest BCUT2D eigenvalue weighted by molar-refractivity contribution is -0.125. The van der Waals surface area contributed by atoms with E-state index in [9.17, 15) is 9.59 Å². The number of primary amides is 1. The van der Waals surface area contributed by atoms with Crippen LogP contribution in [0.25, 0.3) is 0 Å². The zero-order valence-electron chi connectivity index (χ0n) is 11.4. The topological polar surface area (TPSA) is 75.4 Å². The number of likely N-dealkylation sites (tertiary alicyclic amines) is 1. The van der Waals surface area contributed by atoms with Gasteiger partial charge in [-0.15, -0.1) is 0 Å². The molecule has 1 saturated heterocycles. The number of halogens is 2. The van der Waals surface area contributed by atoms with Gasteiger partial charge in [-0.05, 0) is 37.6 Å². The van der Waals surface area contributed by atoms with Gasteiger partial charge in [-0.1, -0.05) is 23.2 Å². The van der Waals surface area contributed by atoms with E-state index in [-0.39, 0.29) is 24.3 Å². The minimum atomic E-state index is -0.307. The molecule has 0 aliphatic carbocycles. The first-order valence-electron chi connectivity index (χ1n) is 6.72. The third-order valence-electron chi connectivity index (χ3n) is 3.48. The normalized spacial score (nSPS) is 19.2. The van der Waals surface area contributed by atoms with Crippen LogP contribution in [0.2, 0.25) is 10.0 Å². The van der Waals surface area contributed by atoms with Crippen LogP contribution < -0.4 is 11.1 Å². The molecule has 114 valence electrons. The van der Waals surface area contributed by atoms with Crippen LogP contribution in [0.4, 0.5) is 5.69 Å². The Morgan fingerprint density at radius 1 is 1.38 bits per heavy atom. The van der Waals surface area contributed by atoms with Gasteiger partial charge in [0.05, 0.1) is 23.2 Å². The highest BCUT2D eigenvalue weighted by molar-refractivity contribution is 6.35. The van der Waals surface area contributed by atoms with Crippen molar-refractivity contribution in [3.8, 4) is 0 Å². The van der Waals surface area contributed by atoms with Crippen LogP contribution in [-0.2, 0) is 9.59 Å². The highest BCUT2D eigenvalue weighted by atomic mass is 35.5. The first-order chi connectivity index (χ1) is 9.95. The fourth-order valence-corrected chi connectivity index (χ4v) is 2.75. The van der Waals surface area contributed by atoms with Crippen molar-refractivity contribution in [2.24, 2.45) is 11.7 Å². The Bertz CT molecular complexity index is 551. The molecule has 5 nitrogen and oxygen atoms in total. The van der Waals surface area contributed by atoms with E-state index in [1.165, 1.54) is 0 Å². The van der Waals surface area contributed by atoms with Gasteiger partial charge in [-0.3, -0.25) is 14.5 Å². The quantitative estimate of drug-likeness (QED) is 0.888. The number of hydrogen-bond acceptors (Lipinski definition) is 3. The molecule has 3 N–H and O–H groups in total. The molecule has 1 heterocycles. The van der Waals surface area contributed by atoms with Gasteiger partial charge < -0.3 is 11.1 Å². The number of amides is 2. The highest BCUT2D eigenvalue weighted by Gasteiger charge is 2.25. The highest BCUT2D eigenvalue weighted by Crippen LogP contribution is 2.25. The number of nitrogens with one attached hydrogen (secondary N) is 1. The molecule has 1 atom stereocenters. The molecule has 2 rings (SSSR count). The number of benzene rings is 1. The van der Waals surface area contributed by atoms with Crippen molar-refractivity contribution >= 4 is 40.7 Å². The number of anilines is 1. The number of nitrogens with two attached hydrogens (primary N) is 1. The van der Waals surface area contributed by atoms with Crippen molar-refractivity contribution in [1.82, 2.24) is 4.90 Å². The minimum Gasteiger partial charge on any atom is -0.369 e. The number of hydrogen-bond donors (Lipinski definition) is 2. The predicted molar refractivity (Wildman–Crippen MR) is 83.5 cm³/mol. The molecule has 2 amide bonds. The Kier molecular flexibility index (Phi) is 5.45. The largest absolute Gasteiger partial charge is 0.369 e. The SMILES string of the molecule is NC(=O)[C@H]1CCCN(CC(=O)Nc2cc(Cl)ccc2Cl)C1. The summed E-state index contributed by atoms with van der Waals surface area (Å²) in [6, 6.07) is 4.88. The standard InChI is InChI=1S/C14H17Cl2N3O2/c15-10-3-4-11(16)12(6-10)18-13(20)8-19-5-1-2-9(7-19)14(17)21/h3-4,6,9H,1-2,5,7-8H2,(H2,17,21)(H,18,20)/t9-/m0/s1.